The smallest absolute Gasteiger partial charge is 0.349 e. The molecule has 1 aromatic rings. The number of carboxylic acid groups (broad SMARTS) is 2. The van der Waals surface area contributed by atoms with Crippen LogP contribution in [0.25, 0.3) is 0 Å². The summed E-state index contributed by atoms with van der Waals surface area (Å²) in [6, 6.07) is -1.46. The summed E-state index contributed by atoms with van der Waals surface area (Å²) >= 11 is 2.21. The topological polar surface area (TPSA) is 177 Å². The SMILES string of the molecule is CO/N=C(\C(=O)N[C@H](C(=O)O)[C@@H]1N=C(C(=O)O)CCS1)c1csc(N)n1. The molecule has 5 N–H and O–H groups in total. The Kier molecular flexibility index (Phi) is 6.52. The molecular weight excluding hydrogens is 386 g/mol. The van der Waals surface area contributed by atoms with Gasteiger partial charge in [-0.1, -0.05) is 5.16 Å². The van der Waals surface area contributed by atoms with Gasteiger partial charge in [0.05, 0.1) is 0 Å². The van der Waals surface area contributed by atoms with Crippen LogP contribution in [0.1, 0.15) is 12.1 Å². The maximum Gasteiger partial charge on any atom is 0.349 e. The fraction of sp³-hybridized carbons (Fsp3) is 0.385. The third-order valence-corrected chi connectivity index (χ3v) is 4.99. The zero-order chi connectivity index (χ0) is 19.3. The number of thiazole rings is 1. The van der Waals surface area contributed by atoms with Gasteiger partial charge in [-0.2, -0.15) is 0 Å². The van der Waals surface area contributed by atoms with E-state index < -0.39 is 29.3 Å². The first-order valence-corrected chi connectivity index (χ1v) is 9.04. The van der Waals surface area contributed by atoms with E-state index in [-0.39, 0.29) is 28.7 Å². The molecule has 0 unspecified atom stereocenters. The van der Waals surface area contributed by atoms with Crippen molar-refractivity contribution in [2.24, 2.45) is 10.1 Å². The van der Waals surface area contributed by atoms with E-state index in [1.165, 1.54) is 12.5 Å². The van der Waals surface area contributed by atoms with Crippen LogP contribution in [-0.2, 0) is 19.2 Å². The number of aliphatic imine (C=N–C) groups is 1. The van der Waals surface area contributed by atoms with Gasteiger partial charge in [0.15, 0.2) is 16.9 Å². The number of nitrogen functional groups attached to an aromatic ring is 1. The summed E-state index contributed by atoms with van der Waals surface area (Å²) in [5.74, 6) is -3.06. The minimum atomic E-state index is -1.46. The number of hydrogen-bond donors (Lipinski definition) is 4. The Bertz CT molecular complexity index is 777. The number of carbonyl (C=O) groups is 3. The van der Waals surface area contributed by atoms with Crippen LogP contribution in [0, 0.1) is 0 Å². The molecule has 2 rings (SSSR count). The fourth-order valence-electron chi connectivity index (χ4n) is 2.02. The fourth-order valence-corrected chi connectivity index (χ4v) is 3.70. The molecule has 0 spiro atoms. The first-order chi connectivity index (χ1) is 12.3. The Hall–Kier alpha value is -2.67. The van der Waals surface area contributed by atoms with Gasteiger partial charge < -0.3 is 26.1 Å². The second-order valence-electron chi connectivity index (χ2n) is 4.88. The van der Waals surface area contributed by atoms with Crippen molar-refractivity contribution in [2.45, 2.75) is 17.8 Å². The van der Waals surface area contributed by atoms with Gasteiger partial charge in [0.2, 0.25) is 0 Å². The number of rotatable bonds is 7. The van der Waals surface area contributed by atoms with Crippen molar-refractivity contribution >= 4 is 57.5 Å². The van der Waals surface area contributed by atoms with Crippen LogP contribution >= 0.6 is 23.1 Å². The van der Waals surface area contributed by atoms with Crippen LogP contribution in [0.3, 0.4) is 0 Å². The largest absolute Gasteiger partial charge is 0.480 e. The Morgan fingerprint density at radius 2 is 2.19 bits per heavy atom. The summed E-state index contributed by atoms with van der Waals surface area (Å²) in [7, 11) is 1.22. The number of thioether (sulfide) groups is 1. The number of hydrogen-bond acceptors (Lipinski definition) is 10. The molecule has 2 heterocycles. The molecule has 26 heavy (non-hydrogen) atoms. The Morgan fingerprint density at radius 3 is 2.73 bits per heavy atom. The number of anilines is 1. The average molecular weight is 401 g/mol. The lowest BCUT2D eigenvalue weighted by atomic mass is 10.2. The Morgan fingerprint density at radius 1 is 1.46 bits per heavy atom. The summed E-state index contributed by atoms with van der Waals surface area (Å²) in [6.07, 6.45) is 0.214. The van der Waals surface area contributed by atoms with Crippen molar-refractivity contribution in [1.29, 1.82) is 0 Å². The molecule has 13 heteroatoms. The zero-order valence-corrected chi connectivity index (χ0v) is 15.0. The maximum absolute atomic E-state index is 12.5. The number of carboxylic acids is 2. The van der Waals surface area contributed by atoms with Crippen LogP contribution < -0.4 is 11.1 Å². The number of nitrogens with zero attached hydrogens (tertiary/aromatic N) is 3. The van der Waals surface area contributed by atoms with Crippen molar-refractivity contribution in [2.75, 3.05) is 18.6 Å². The molecule has 0 fully saturated rings. The van der Waals surface area contributed by atoms with Crippen LogP contribution in [0.15, 0.2) is 15.5 Å². The minimum Gasteiger partial charge on any atom is -0.480 e. The Labute approximate surface area is 155 Å². The van der Waals surface area contributed by atoms with Gasteiger partial charge in [0.25, 0.3) is 5.91 Å². The van der Waals surface area contributed by atoms with Gasteiger partial charge in [-0.15, -0.1) is 23.1 Å². The van der Waals surface area contributed by atoms with E-state index >= 15 is 0 Å². The lowest BCUT2D eigenvalue weighted by molar-refractivity contribution is -0.141. The molecule has 0 aliphatic carbocycles. The second-order valence-corrected chi connectivity index (χ2v) is 6.99. The molecular formula is C13H15N5O6S2. The molecule has 1 aliphatic rings. The molecule has 140 valence electrons. The van der Waals surface area contributed by atoms with E-state index in [0.717, 1.165) is 23.1 Å². The third-order valence-electron chi connectivity index (χ3n) is 3.16. The van der Waals surface area contributed by atoms with E-state index in [1.54, 1.807) is 0 Å². The van der Waals surface area contributed by atoms with E-state index in [4.69, 9.17) is 10.8 Å². The number of amides is 1. The minimum absolute atomic E-state index is 0.127. The summed E-state index contributed by atoms with van der Waals surface area (Å²) < 4.78 is 0. The molecule has 0 saturated heterocycles. The van der Waals surface area contributed by atoms with Gasteiger partial charge in [0.1, 0.15) is 23.9 Å². The number of carbonyl (C=O) groups excluding carboxylic acids is 1. The summed E-state index contributed by atoms with van der Waals surface area (Å²) in [4.78, 5) is 47.6. The zero-order valence-electron chi connectivity index (χ0n) is 13.4. The van der Waals surface area contributed by atoms with E-state index in [1.807, 2.05) is 0 Å². The normalized spacial score (nSPS) is 18.6. The van der Waals surface area contributed by atoms with Gasteiger partial charge in [0, 0.05) is 17.6 Å². The standard InChI is InChI=1S/C13H15N5O6S2/c1-24-18-7(6-4-26-13(14)16-6)9(19)17-8(12(22)23)10-15-5(11(20)21)2-3-25-10/h4,8,10H,2-3H2,1H3,(H2,14,16)(H,17,19)(H,20,21)(H,22,23)/b18-7-/t8-,10+/m0/s1. The van der Waals surface area contributed by atoms with Gasteiger partial charge in [-0.3, -0.25) is 9.79 Å². The summed E-state index contributed by atoms with van der Waals surface area (Å²) in [5, 5.41) is 25.0. The van der Waals surface area contributed by atoms with E-state index in [9.17, 15) is 19.5 Å². The molecule has 1 aromatic heterocycles. The van der Waals surface area contributed by atoms with Gasteiger partial charge in [-0.25, -0.2) is 14.6 Å². The maximum atomic E-state index is 12.5. The number of aromatic nitrogens is 1. The molecule has 0 aromatic carbocycles. The number of nitrogens with one attached hydrogen (secondary N) is 1. The monoisotopic (exact) mass is 401 g/mol. The first-order valence-electron chi connectivity index (χ1n) is 7.11. The molecule has 2 atom stereocenters. The number of aliphatic carboxylic acids is 2. The molecule has 0 saturated carbocycles. The molecule has 0 radical (unpaired) electrons. The van der Waals surface area contributed by atoms with Gasteiger partial charge in [-0.05, 0) is 0 Å². The molecule has 1 amide bonds. The number of oxime groups is 1. The van der Waals surface area contributed by atoms with Crippen molar-refractivity contribution < 1.29 is 29.4 Å². The van der Waals surface area contributed by atoms with Gasteiger partial charge >= 0.3 is 11.9 Å². The predicted molar refractivity (Wildman–Crippen MR) is 95.6 cm³/mol. The molecule has 0 bridgehead atoms. The van der Waals surface area contributed by atoms with E-state index in [0.29, 0.717) is 5.75 Å². The lowest BCUT2D eigenvalue weighted by Crippen LogP contribution is -2.50. The predicted octanol–water partition coefficient (Wildman–Crippen LogP) is -0.366. The highest BCUT2D eigenvalue weighted by molar-refractivity contribution is 8.00. The van der Waals surface area contributed by atoms with E-state index in [2.05, 4.69) is 25.3 Å². The van der Waals surface area contributed by atoms with Crippen LogP contribution in [0.4, 0.5) is 5.13 Å². The second kappa shape index (κ2) is 8.62. The summed E-state index contributed by atoms with van der Waals surface area (Å²) in [5.41, 5.74) is 5.27. The van der Waals surface area contributed by atoms with Crippen LogP contribution in [0.5, 0.6) is 0 Å². The van der Waals surface area contributed by atoms with Crippen LogP contribution in [0.2, 0.25) is 0 Å². The third kappa shape index (κ3) is 4.70. The highest BCUT2D eigenvalue weighted by Gasteiger charge is 2.35. The Balaban J connectivity index is 2.24. The van der Waals surface area contributed by atoms with Crippen LogP contribution in [-0.4, -0.2) is 68.7 Å². The van der Waals surface area contributed by atoms with Crippen molar-refractivity contribution in [3.05, 3.63) is 11.1 Å². The first kappa shape index (κ1) is 19.7. The number of nitrogens with two attached hydrogens (primary N) is 1. The summed E-state index contributed by atoms with van der Waals surface area (Å²) in [6.45, 7) is 0. The molecule has 1 aliphatic heterocycles. The van der Waals surface area contributed by atoms with Crippen molar-refractivity contribution in [1.82, 2.24) is 10.3 Å². The van der Waals surface area contributed by atoms with Crippen molar-refractivity contribution in [3.63, 3.8) is 0 Å². The average Bonchev–Trinajstić information content (AvgIpc) is 3.03. The highest BCUT2D eigenvalue weighted by Crippen LogP contribution is 2.23. The molecule has 11 nitrogen and oxygen atoms in total. The lowest BCUT2D eigenvalue weighted by Gasteiger charge is -2.24. The quantitative estimate of drug-likeness (QED) is 0.351. The van der Waals surface area contributed by atoms with Crippen molar-refractivity contribution in [3.8, 4) is 0 Å². The highest BCUT2D eigenvalue weighted by atomic mass is 32.2.